The number of hydrogen-bond acceptors (Lipinski definition) is 6. The predicted octanol–water partition coefficient (Wildman–Crippen LogP) is 3.87. The van der Waals surface area contributed by atoms with Crippen molar-refractivity contribution >= 4 is 50.2 Å². The zero-order valence-electron chi connectivity index (χ0n) is 14.5. The smallest absolute Gasteiger partial charge is 0.257 e. The molecule has 0 fully saturated rings. The number of amides is 1. The van der Waals surface area contributed by atoms with Crippen LogP contribution in [0.25, 0.3) is 0 Å². The monoisotopic (exact) mass is 474 g/mol. The molecule has 1 aliphatic rings. The van der Waals surface area contributed by atoms with Gasteiger partial charge in [0.25, 0.3) is 5.91 Å². The van der Waals surface area contributed by atoms with E-state index in [4.69, 9.17) is 11.6 Å². The first kappa shape index (κ1) is 20.6. The molecule has 0 aliphatic carbocycles. The van der Waals surface area contributed by atoms with E-state index >= 15 is 0 Å². The van der Waals surface area contributed by atoms with Crippen molar-refractivity contribution in [2.45, 2.75) is 11.1 Å². The molecule has 3 N–H and O–H groups in total. The van der Waals surface area contributed by atoms with Crippen molar-refractivity contribution in [1.29, 1.82) is 0 Å². The van der Waals surface area contributed by atoms with Gasteiger partial charge in [-0.1, -0.05) is 11.6 Å². The van der Waals surface area contributed by atoms with Crippen molar-refractivity contribution in [1.82, 2.24) is 9.71 Å². The van der Waals surface area contributed by atoms with E-state index < -0.39 is 39.5 Å². The third kappa shape index (κ3) is 3.74. The fourth-order valence-corrected chi connectivity index (χ4v) is 5.03. The Morgan fingerprint density at radius 2 is 1.87 bits per heavy atom. The van der Waals surface area contributed by atoms with E-state index in [1.807, 2.05) is 0 Å². The third-order valence-electron chi connectivity index (χ3n) is 4.12. The van der Waals surface area contributed by atoms with Gasteiger partial charge in [-0.3, -0.25) is 4.79 Å². The number of aromatic nitrogens is 1. The molecule has 0 spiro atoms. The first-order chi connectivity index (χ1) is 14.2. The van der Waals surface area contributed by atoms with Crippen LogP contribution in [0.1, 0.15) is 21.5 Å². The van der Waals surface area contributed by atoms with E-state index in [0.717, 1.165) is 6.07 Å². The minimum absolute atomic E-state index is 0.114. The molecular formula is C17H10ClF3N4O3S2. The highest BCUT2D eigenvalue weighted by atomic mass is 35.5. The highest BCUT2D eigenvalue weighted by Gasteiger charge is 2.33. The maximum atomic E-state index is 13.4. The number of thiazole rings is 1. The van der Waals surface area contributed by atoms with Gasteiger partial charge in [-0.05, 0) is 12.1 Å². The number of anilines is 2. The summed E-state index contributed by atoms with van der Waals surface area (Å²) in [5, 5.41) is 7.14. The molecule has 0 radical (unpaired) electrons. The number of fused-ring (bicyclic) bond motifs is 1. The Morgan fingerprint density at radius 1 is 1.17 bits per heavy atom. The van der Waals surface area contributed by atoms with Gasteiger partial charge in [0.15, 0.2) is 17.5 Å². The molecule has 4 rings (SSSR count). The fraction of sp³-hybridized carbons (Fsp3) is 0.0588. The average Bonchev–Trinajstić information content (AvgIpc) is 3.19. The van der Waals surface area contributed by atoms with Crippen LogP contribution < -0.4 is 15.4 Å². The van der Waals surface area contributed by atoms with Crippen LogP contribution in [0.2, 0.25) is 5.02 Å². The summed E-state index contributed by atoms with van der Waals surface area (Å²) in [5.74, 6) is -5.61. The van der Waals surface area contributed by atoms with Crippen molar-refractivity contribution in [3.05, 3.63) is 68.9 Å². The zero-order valence-corrected chi connectivity index (χ0v) is 16.9. The Hall–Kier alpha value is -2.67. The van der Waals surface area contributed by atoms with E-state index in [9.17, 15) is 26.4 Å². The summed E-state index contributed by atoms with van der Waals surface area (Å²) in [4.78, 5) is 16.3. The second kappa shape index (κ2) is 7.54. The second-order valence-corrected chi connectivity index (χ2v) is 9.12. The quantitative estimate of drug-likeness (QED) is 0.500. The largest absolute Gasteiger partial charge is 0.362 e. The van der Waals surface area contributed by atoms with Crippen molar-refractivity contribution < 1.29 is 26.4 Å². The van der Waals surface area contributed by atoms with Crippen LogP contribution in [0.3, 0.4) is 0 Å². The predicted molar refractivity (Wildman–Crippen MR) is 105 cm³/mol. The summed E-state index contributed by atoms with van der Waals surface area (Å²) < 4.78 is 67.5. The van der Waals surface area contributed by atoms with Crippen molar-refractivity contribution in [2.24, 2.45) is 0 Å². The van der Waals surface area contributed by atoms with E-state index in [2.05, 4.69) is 20.3 Å². The van der Waals surface area contributed by atoms with Crippen LogP contribution >= 0.6 is 22.9 Å². The van der Waals surface area contributed by atoms with Gasteiger partial charge in [-0.15, -0.1) is 11.3 Å². The SMILES string of the molecule is O=C(Nc1cc(F)c(F)c(F)c1)c1cc2c(cc1Cl)NC(c1nccs1)NS2(=O)=O. The molecule has 1 atom stereocenters. The molecule has 1 aliphatic heterocycles. The first-order valence-electron chi connectivity index (χ1n) is 8.13. The van der Waals surface area contributed by atoms with Gasteiger partial charge in [0.05, 0.1) is 16.3 Å². The van der Waals surface area contributed by atoms with Gasteiger partial charge >= 0.3 is 0 Å². The van der Waals surface area contributed by atoms with E-state index in [1.165, 1.54) is 23.6 Å². The molecule has 30 heavy (non-hydrogen) atoms. The first-order valence-corrected chi connectivity index (χ1v) is 10.9. The Bertz CT molecular complexity index is 1250. The number of benzene rings is 2. The summed E-state index contributed by atoms with van der Waals surface area (Å²) in [6, 6.07) is 3.44. The number of nitrogens with one attached hydrogen (secondary N) is 3. The molecule has 1 aromatic heterocycles. The van der Waals surface area contributed by atoms with Gasteiger partial charge in [0.1, 0.15) is 16.1 Å². The molecule has 2 aromatic carbocycles. The molecule has 3 aromatic rings. The Labute approximate surface area is 177 Å². The van der Waals surface area contributed by atoms with Crippen molar-refractivity contribution in [2.75, 3.05) is 10.6 Å². The van der Waals surface area contributed by atoms with Crippen LogP contribution in [-0.4, -0.2) is 19.3 Å². The minimum Gasteiger partial charge on any atom is -0.362 e. The number of carbonyl (C=O) groups is 1. The summed E-state index contributed by atoms with van der Waals surface area (Å²) >= 11 is 7.37. The van der Waals surface area contributed by atoms with Crippen LogP contribution in [0.5, 0.6) is 0 Å². The number of halogens is 4. The fourth-order valence-electron chi connectivity index (χ4n) is 2.78. The number of nitrogens with zero attached hydrogens (tertiary/aromatic N) is 1. The maximum Gasteiger partial charge on any atom is 0.257 e. The normalized spacial score (nSPS) is 17.1. The lowest BCUT2D eigenvalue weighted by atomic mass is 10.1. The number of rotatable bonds is 3. The highest BCUT2D eigenvalue weighted by molar-refractivity contribution is 7.89. The van der Waals surface area contributed by atoms with Gasteiger partial charge in [-0.2, -0.15) is 4.72 Å². The van der Waals surface area contributed by atoms with Gasteiger partial charge in [-0.25, -0.2) is 26.6 Å². The standard InChI is InChI=1S/C17H10ClF3N4O3S2/c18-9-6-12-13(30(27,28)25-15(24-12)17-22-1-2-29-17)5-8(9)16(26)23-7-3-10(19)14(21)11(20)4-7/h1-6,15,24-25H,(H,23,26). The molecule has 13 heteroatoms. The van der Waals surface area contributed by atoms with Crippen LogP contribution in [-0.2, 0) is 10.0 Å². The Morgan fingerprint density at radius 3 is 2.50 bits per heavy atom. The maximum absolute atomic E-state index is 13.4. The summed E-state index contributed by atoms with van der Waals surface area (Å²) in [6.45, 7) is 0. The molecule has 0 saturated heterocycles. The van der Waals surface area contributed by atoms with Gasteiger partial charge in [0.2, 0.25) is 10.0 Å². The summed E-state index contributed by atoms with van der Waals surface area (Å²) in [7, 11) is -4.04. The molecular weight excluding hydrogens is 465 g/mol. The number of sulfonamides is 1. The van der Waals surface area contributed by atoms with Gasteiger partial charge in [0, 0.05) is 29.4 Å². The van der Waals surface area contributed by atoms with Gasteiger partial charge < -0.3 is 10.6 Å². The van der Waals surface area contributed by atoms with Crippen LogP contribution in [0, 0.1) is 17.5 Å². The number of carbonyl (C=O) groups excluding carboxylic acids is 1. The molecule has 0 saturated carbocycles. The van der Waals surface area contributed by atoms with E-state index in [1.54, 1.807) is 5.38 Å². The zero-order chi connectivity index (χ0) is 21.6. The molecule has 1 unspecified atom stereocenters. The molecule has 0 bridgehead atoms. The summed E-state index contributed by atoms with van der Waals surface area (Å²) in [5.41, 5.74) is -0.483. The third-order valence-corrected chi connectivity index (χ3v) is 6.73. The highest BCUT2D eigenvalue weighted by Crippen LogP contribution is 2.36. The minimum atomic E-state index is -4.04. The van der Waals surface area contributed by atoms with E-state index in [0.29, 0.717) is 17.1 Å². The lowest BCUT2D eigenvalue weighted by molar-refractivity contribution is 0.102. The second-order valence-electron chi connectivity index (χ2n) is 6.11. The lowest BCUT2D eigenvalue weighted by Crippen LogP contribution is -2.38. The van der Waals surface area contributed by atoms with Crippen LogP contribution in [0.15, 0.2) is 40.7 Å². The molecule has 1 amide bonds. The molecule has 2 heterocycles. The lowest BCUT2D eigenvalue weighted by Gasteiger charge is -2.27. The van der Waals surface area contributed by atoms with E-state index in [-0.39, 0.29) is 26.9 Å². The molecule has 156 valence electrons. The average molecular weight is 475 g/mol. The van der Waals surface area contributed by atoms with Crippen molar-refractivity contribution in [3.63, 3.8) is 0 Å². The Balaban J connectivity index is 1.68. The topological polar surface area (TPSA) is 100 Å². The number of hydrogen-bond donors (Lipinski definition) is 3. The summed E-state index contributed by atoms with van der Waals surface area (Å²) in [6.07, 6.45) is 0.705. The van der Waals surface area contributed by atoms with Crippen molar-refractivity contribution in [3.8, 4) is 0 Å². The molecule has 7 nitrogen and oxygen atoms in total. The Kier molecular flexibility index (Phi) is 5.18. The van der Waals surface area contributed by atoms with Crippen LogP contribution in [0.4, 0.5) is 24.5 Å².